The van der Waals surface area contributed by atoms with Crippen LogP contribution >= 0.6 is 0 Å². The van der Waals surface area contributed by atoms with E-state index < -0.39 is 0 Å². The molecule has 0 aliphatic carbocycles. The summed E-state index contributed by atoms with van der Waals surface area (Å²) >= 11 is 0. The first-order valence-electron chi connectivity index (χ1n) is 8.86. The van der Waals surface area contributed by atoms with Gasteiger partial charge in [0.1, 0.15) is 24.8 Å². The molecule has 0 bridgehead atoms. The van der Waals surface area contributed by atoms with Crippen molar-refractivity contribution in [2.24, 2.45) is 0 Å². The van der Waals surface area contributed by atoms with Crippen molar-refractivity contribution >= 4 is 16.9 Å². The van der Waals surface area contributed by atoms with Crippen molar-refractivity contribution in [3.63, 3.8) is 0 Å². The molecule has 0 aliphatic heterocycles. The van der Waals surface area contributed by atoms with Crippen LogP contribution in [-0.2, 0) is 16.0 Å². The maximum atomic E-state index is 12.0. The number of nitrogens with zero attached hydrogens (tertiary/aromatic N) is 1. The second-order valence-corrected chi connectivity index (χ2v) is 6.37. The summed E-state index contributed by atoms with van der Waals surface area (Å²) in [5.41, 5.74) is 2.57. The zero-order chi connectivity index (χ0) is 19.2. The molecule has 27 heavy (non-hydrogen) atoms. The highest BCUT2D eigenvalue weighted by Crippen LogP contribution is 2.18. The van der Waals surface area contributed by atoms with Crippen LogP contribution in [0.5, 0.6) is 5.75 Å². The molecular formula is C21H22N2O4. The van der Waals surface area contributed by atoms with Crippen LogP contribution in [0.2, 0.25) is 0 Å². The van der Waals surface area contributed by atoms with E-state index in [2.05, 4.69) is 9.97 Å². The van der Waals surface area contributed by atoms with Crippen LogP contribution in [0.4, 0.5) is 0 Å². The molecular weight excluding hydrogens is 344 g/mol. The first-order valence-corrected chi connectivity index (χ1v) is 8.86. The number of H-pyrrole nitrogens is 1. The van der Waals surface area contributed by atoms with Gasteiger partial charge in [0.25, 0.3) is 5.56 Å². The number of benzene rings is 2. The molecule has 3 rings (SSSR count). The summed E-state index contributed by atoms with van der Waals surface area (Å²) in [6.07, 6.45) is 0.460. The number of hydrogen-bond donors (Lipinski definition) is 1. The summed E-state index contributed by atoms with van der Waals surface area (Å²) in [5, 5.41) is 0.535. The van der Waals surface area contributed by atoms with Gasteiger partial charge in [-0.2, -0.15) is 0 Å². The van der Waals surface area contributed by atoms with E-state index >= 15 is 0 Å². The fourth-order valence-corrected chi connectivity index (χ4v) is 2.72. The van der Waals surface area contributed by atoms with Gasteiger partial charge in [-0.25, -0.2) is 4.98 Å². The summed E-state index contributed by atoms with van der Waals surface area (Å²) in [7, 11) is 0. The van der Waals surface area contributed by atoms with Gasteiger partial charge in [-0.15, -0.1) is 0 Å². The number of rotatable bonds is 7. The van der Waals surface area contributed by atoms with Crippen LogP contribution in [-0.4, -0.2) is 29.2 Å². The number of carbonyl (C=O) groups is 1. The summed E-state index contributed by atoms with van der Waals surface area (Å²) in [5.74, 6) is 0.918. The van der Waals surface area contributed by atoms with Crippen molar-refractivity contribution < 1.29 is 14.3 Å². The molecule has 0 aliphatic rings. The topological polar surface area (TPSA) is 81.3 Å². The molecule has 0 radical (unpaired) electrons. The van der Waals surface area contributed by atoms with Crippen molar-refractivity contribution in [2.45, 2.75) is 26.7 Å². The van der Waals surface area contributed by atoms with Crippen LogP contribution < -0.4 is 10.3 Å². The van der Waals surface area contributed by atoms with Gasteiger partial charge in [0.05, 0.1) is 17.3 Å². The van der Waals surface area contributed by atoms with Crippen molar-refractivity contribution in [2.75, 3.05) is 13.2 Å². The van der Waals surface area contributed by atoms with E-state index in [1.54, 1.807) is 18.2 Å². The Morgan fingerprint density at radius 2 is 1.93 bits per heavy atom. The molecule has 0 saturated carbocycles. The third-order valence-electron chi connectivity index (χ3n) is 4.18. The van der Waals surface area contributed by atoms with E-state index in [9.17, 15) is 9.59 Å². The zero-order valence-electron chi connectivity index (χ0n) is 15.5. The molecule has 6 nitrogen and oxygen atoms in total. The van der Waals surface area contributed by atoms with Gasteiger partial charge in [-0.05, 0) is 43.2 Å². The number of hydrogen-bond acceptors (Lipinski definition) is 5. The van der Waals surface area contributed by atoms with E-state index in [-0.39, 0.29) is 24.6 Å². The van der Waals surface area contributed by atoms with Gasteiger partial charge in [-0.3, -0.25) is 9.59 Å². The number of aryl methyl sites for hydroxylation is 3. The van der Waals surface area contributed by atoms with Crippen molar-refractivity contribution in [3.05, 3.63) is 69.8 Å². The average Bonchev–Trinajstić information content (AvgIpc) is 2.66. The number of aromatic amines is 1. The maximum absolute atomic E-state index is 12.0. The molecule has 1 N–H and O–H groups in total. The maximum Gasteiger partial charge on any atom is 0.306 e. The van der Waals surface area contributed by atoms with Crippen molar-refractivity contribution in [3.8, 4) is 5.75 Å². The quantitative estimate of drug-likeness (QED) is 0.513. The van der Waals surface area contributed by atoms with Gasteiger partial charge in [-0.1, -0.05) is 24.3 Å². The van der Waals surface area contributed by atoms with E-state index in [1.807, 2.05) is 38.1 Å². The first-order chi connectivity index (χ1) is 13.0. The van der Waals surface area contributed by atoms with Crippen molar-refractivity contribution in [1.29, 1.82) is 0 Å². The molecule has 1 heterocycles. The summed E-state index contributed by atoms with van der Waals surface area (Å²) in [6, 6.07) is 13.1. The Balaban J connectivity index is 1.46. The first kappa shape index (κ1) is 18.6. The van der Waals surface area contributed by atoms with Crippen LogP contribution in [0.1, 0.15) is 23.4 Å². The minimum atomic E-state index is -0.352. The predicted molar refractivity (Wildman–Crippen MR) is 103 cm³/mol. The minimum Gasteiger partial charge on any atom is -0.490 e. The Bertz CT molecular complexity index is 1010. The molecule has 0 atom stereocenters. The van der Waals surface area contributed by atoms with Gasteiger partial charge >= 0.3 is 5.97 Å². The van der Waals surface area contributed by atoms with Gasteiger partial charge in [0, 0.05) is 6.42 Å². The molecule has 0 saturated heterocycles. The normalized spacial score (nSPS) is 10.7. The third-order valence-corrected chi connectivity index (χ3v) is 4.18. The molecule has 2 aromatic carbocycles. The zero-order valence-corrected chi connectivity index (χ0v) is 15.5. The van der Waals surface area contributed by atoms with E-state index in [4.69, 9.17) is 9.47 Å². The predicted octanol–water partition coefficient (Wildman–Crippen LogP) is 3.09. The second-order valence-electron chi connectivity index (χ2n) is 6.37. The van der Waals surface area contributed by atoms with Crippen LogP contribution in [0, 0.1) is 13.8 Å². The van der Waals surface area contributed by atoms with Crippen LogP contribution in [0.25, 0.3) is 10.9 Å². The average molecular weight is 366 g/mol. The fraction of sp³-hybridized carbons (Fsp3) is 0.286. The molecule has 0 spiro atoms. The monoisotopic (exact) mass is 366 g/mol. The van der Waals surface area contributed by atoms with E-state index in [1.165, 1.54) is 0 Å². The van der Waals surface area contributed by atoms with Gasteiger partial charge in [0.2, 0.25) is 0 Å². The molecule has 140 valence electrons. The van der Waals surface area contributed by atoms with Gasteiger partial charge in [0.15, 0.2) is 0 Å². The number of carbonyl (C=O) groups excluding carboxylic acids is 1. The standard InChI is InChI=1S/C21H22N2O4/c1-14-7-8-15(2)18(13-14)26-11-12-27-20(24)10-9-19-22-17-6-4-3-5-16(17)21(25)23-19/h3-8,13H,9-12H2,1-2H3,(H,22,23,25). The number of fused-ring (bicyclic) bond motifs is 1. The van der Waals surface area contributed by atoms with Crippen LogP contribution in [0.15, 0.2) is 47.3 Å². The van der Waals surface area contributed by atoms with E-state index in [0.717, 1.165) is 16.9 Å². The molecule has 0 unspecified atom stereocenters. The van der Waals surface area contributed by atoms with Crippen LogP contribution in [0.3, 0.4) is 0 Å². The highest BCUT2D eigenvalue weighted by molar-refractivity contribution is 5.77. The fourth-order valence-electron chi connectivity index (χ4n) is 2.72. The Morgan fingerprint density at radius 1 is 1.11 bits per heavy atom. The largest absolute Gasteiger partial charge is 0.490 e. The molecule has 0 amide bonds. The summed E-state index contributed by atoms with van der Waals surface area (Å²) in [6.45, 7) is 4.44. The second kappa shape index (κ2) is 8.49. The minimum absolute atomic E-state index is 0.144. The number of aromatic nitrogens is 2. The summed E-state index contributed by atoms with van der Waals surface area (Å²) in [4.78, 5) is 31.0. The lowest BCUT2D eigenvalue weighted by molar-refractivity contribution is -0.144. The Morgan fingerprint density at radius 3 is 2.78 bits per heavy atom. The lowest BCUT2D eigenvalue weighted by Crippen LogP contribution is -2.15. The number of esters is 1. The summed E-state index contributed by atoms with van der Waals surface area (Å²) < 4.78 is 10.8. The van der Waals surface area contributed by atoms with E-state index in [0.29, 0.717) is 29.8 Å². The van der Waals surface area contributed by atoms with Gasteiger partial charge < -0.3 is 14.5 Å². The Kier molecular flexibility index (Phi) is 5.86. The smallest absolute Gasteiger partial charge is 0.306 e. The Hall–Kier alpha value is -3.15. The molecule has 3 aromatic rings. The highest BCUT2D eigenvalue weighted by Gasteiger charge is 2.08. The third kappa shape index (κ3) is 4.94. The Labute approximate surface area is 157 Å². The number of nitrogens with one attached hydrogen (secondary N) is 1. The number of ether oxygens (including phenoxy) is 2. The highest BCUT2D eigenvalue weighted by atomic mass is 16.6. The SMILES string of the molecule is Cc1ccc(C)c(OCCOC(=O)CCc2nc3ccccc3c(=O)[nH]2)c1. The molecule has 1 aromatic heterocycles. The van der Waals surface area contributed by atoms with Crippen molar-refractivity contribution in [1.82, 2.24) is 9.97 Å². The lowest BCUT2D eigenvalue weighted by Gasteiger charge is -2.10. The molecule has 0 fully saturated rings. The number of para-hydroxylation sites is 1. The molecule has 6 heteroatoms. The lowest BCUT2D eigenvalue weighted by atomic mass is 10.1.